The minimum atomic E-state index is 0.891. The van der Waals surface area contributed by atoms with Crippen molar-refractivity contribution in [3.05, 3.63) is 176 Å². The molecule has 1 heterocycles. The first kappa shape index (κ1) is 26.3. The minimum Gasteiger partial charge on any atom is -0.456 e. The molecule has 2 heteroatoms. The van der Waals surface area contributed by atoms with Crippen LogP contribution in [0, 0.1) is 0 Å². The number of para-hydroxylation sites is 1. The summed E-state index contributed by atoms with van der Waals surface area (Å²) in [5.41, 5.74) is 9.93. The fraction of sp³-hybridized carbons (Fsp3) is 0. The second-order valence-corrected chi connectivity index (χ2v) is 11.8. The van der Waals surface area contributed by atoms with Gasteiger partial charge < -0.3 is 9.32 Å². The van der Waals surface area contributed by atoms with Crippen LogP contribution in [0.4, 0.5) is 17.1 Å². The Morgan fingerprint density at radius 2 is 0.783 bits per heavy atom. The lowest BCUT2D eigenvalue weighted by molar-refractivity contribution is 0.669. The van der Waals surface area contributed by atoms with Gasteiger partial charge in [-0.25, -0.2) is 0 Å². The Morgan fingerprint density at radius 1 is 0.326 bits per heavy atom. The Hall–Kier alpha value is -6.12. The molecule has 216 valence electrons. The van der Waals surface area contributed by atoms with Crippen LogP contribution in [-0.4, -0.2) is 0 Å². The molecular weight excluding hydrogens is 558 g/mol. The van der Waals surface area contributed by atoms with Gasteiger partial charge in [0.15, 0.2) is 0 Å². The highest BCUT2D eigenvalue weighted by Crippen LogP contribution is 2.41. The van der Waals surface area contributed by atoms with E-state index in [1.54, 1.807) is 0 Å². The molecule has 0 radical (unpaired) electrons. The first-order valence-corrected chi connectivity index (χ1v) is 15.7. The zero-order valence-electron chi connectivity index (χ0n) is 25.1. The predicted molar refractivity (Wildman–Crippen MR) is 194 cm³/mol. The summed E-state index contributed by atoms with van der Waals surface area (Å²) in [4.78, 5) is 2.33. The number of furan rings is 1. The maximum Gasteiger partial charge on any atom is 0.135 e. The van der Waals surface area contributed by atoms with Crippen molar-refractivity contribution in [3.8, 4) is 22.3 Å². The fourth-order valence-corrected chi connectivity index (χ4v) is 6.83. The van der Waals surface area contributed by atoms with Crippen molar-refractivity contribution in [2.24, 2.45) is 0 Å². The van der Waals surface area contributed by atoms with E-state index in [1.807, 2.05) is 12.1 Å². The van der Waals surface area contributed by atoms with E-state index in [0.717, 1.165) is 39.0 Å². The van der Waals surface area contributed by atoms with E-state index in [9.17, 15) is 0 Å². The summed E-state index contributed by atoms with van der Waals surface area (Å²) in [6.07, 6.45) is 0. The van der Waals surface area contributed by atoms with E-state index < -0.39 is 0 Å². The topological polar surface area (TPSA) is 16.4 Å². The second kappa shape index (κ2) is 10.8. The molecule has 0 bridgehead atoms. The molecule has 2 nitrogen and oxygen atoms in total. The van der Waals surface area contributed by atoms with Crippen LogP contribution in [0.1, 0.15) is 0 Å². The molecule has 46 heavy (non-hydrogen) atoms. The molecule has 0 aliphatic carbocycles. The van der Waals surface area contributed by atoms with E-state index >= 15 is 0 Å². The quantitative estimate of drug-likeness (QED) is 0.199. The number of hydrogen-bond acceptors (Lipinski definition) is 2. The third-order valence-electron chi connectivity index (χ3n) is 9.07. The van der Waals surface area contributed by atoms with E-state index in [4.69, 9.17) is 4.42 Å². The maximum absolute atomic E-state index is 6.18. The van der Waals surface area contributed by atoms with Crippen LogP contribution in [-0.2, 0) is 0 Å². The van der Waals surface area contributed by atoms with Gasteiger partial charge in [0.2, 0.25) is 0 Å². The molecular formula is C44H29NO. The van der Waals surface area contributed by atoms with Crippen molar-refractivity contribution in [3.63, 3.8) is 0 Å². The zero-order valence-corrected chi connectivity index (χ0v) is 25.1. The molecule has 0 fully saturated rings. The van der Waals surface area contributed by atoms with Gasteiger partial charge in [0.05, 0.1) is 0 Å². The number of benzene rings is 8. The van der Waals surface area contributed by atoms with Gasteiger partial charge in [0.1, 0.15) is 11.2 Å². The van der Waals surface area contributed by atoms with Crippen LogP contribution in [0.5, 0.6) is 0 Å². The number of hydrogen-bond donors (Lipinski definition) is 0. The van der Waals surface area contributed by atoms with Gasteiger partial charge in [-0.2, -0.15) is 0 Å². The number of rotatable bonds is 5. The largest absolute Gasteiger partial charge is 0.456 e. The maximum atomic E-state index is 6.18. The number of anilines is 3. The van der Waals surface area contributed by atoms with Gasteiger partial charge in [-0.1, -0.05) is 127 Å². The zero-order chi connectivity index (χ0) is 30.5. The lowest BCUT2D eigenvalue weighted by atomic mass is 9.97. The molecule has 0 saturated carbocycles. The monoisotopic (exact) mass is 587 g/mol. The summed E-state index contributed by atoms with van der Waals surface area (Å²) < 4.78 is 6.18. The van der Waals surface area contributed by atoms with Crippen LogP contribution in [0.3, 0.4) is 0 Å². The molecule has 0 aliphatic heterocycles. The lowest BCUT2D eigenvalue weighted by Crippen LogP contribution is -2.09. The van der Waals surface area contributed by atoms with Crippen LogP contribution < -0.4 is 4.90 Å². The molecule has 0 N–H and O–H groups in total. The van der Waals surface area contributed by atoms with E-state index in [0.29, 0.717) is 0 Å². The smallest absolute Gasteiger partial charge is 0.135 e. The molecule has 0 saturated heterocycles. The molecule has 0 spiro atoms. The molecule has 0 amide bonds. The highest BCUT2D eigenvalue weighted by molar-refractivity contribution is 6.06. The summed E-state index contributed by atoms with van der Waals surface area (Å²) >= 11 is 0. The van der Waals surface area contributed by atoms with Crippen LogP contribution in [0.2, 0.25) is 0 Å². The second-order valence-electron chi connectivity index (χ2n) is 11.8. The molecule has 0 aliphatic rings. The first-order chi connectivity index (χ1) is 22.8. The van der Waals surface area contributed by atoms with Gasteiger partial charge in [0.25, 0.3) is 0 Å². The molecule has 9 rings (SSSR count). The standard InChI is InChI=1S/C44H29NO/c1-3-13-37-30(9-1)11-7-16-39(37)32-19-23-34(24-20-32)45(36-27-28-44-42(29-36)41-15-5-6-18-43(41)46-44)35-25-21-33(22-26-35)40-17-8-12-31-10-2-4-14-38(31)40/h1-29H. The molecule has 8 aromatic carbocycles. The third kappa shape index (κ3) is 4.43. The summed E-state index contributed by atoms with van der Waals surface area (Å²) in [5, 5.41) is 7.25. The van der Waals surface area contributed by atoms with Crippen molar-refractivity contribution in [1.82, 2.24) is 0 Å². The molecule has 0 unspecified atom stereocenters. The van der Waals surface area contributed by atoms with Crippen molar-refractivity contribution in [1.29, 1.82) is 0 Å². The van der Waals surface area contributed by atoms with Crippen LogP contribution in [0.25, 0.3) is 65.7 Å². The van der Waals surface area contributed by atoms with Gasteiger partial charge in [-0.3, -0.25) is 0 Å². The summed E-state index contributed by atoms with van der Waals surface area (Å²) in [7, 11) is 0. The summed E-state index contributed by atoms with van der Waals surface area (Å²) in [6.45, 7) is 0. The van der Waals surface area contributed by atoms with Gasteiger partial charge in [-0.15, -0.1) is 0 Å². The summed E-state index contributed by atoms with van der Waals surface area (Å²) in [5.74, 6) is 0. The highest BCUT2D eigenvalue weighted by atomic mass is 16.3. The first-order valence-electron chi connectivity index (χ1n) is 15.7. The molecule has 9 aromatic rings. The van der Waals surface area contributed by atoms with Gasteiger partial charge >= 0.3 is 0 Å². The van der Waals surface area contributed by atoms with Crippen LogP contribution in [0.15, 0.2) is 180 Å². The average Bonchev–Trinajstić information content (AvgIpc) is 3.50. The van der Waals surface area contributed by atoms with E-state index in [2.05, 4.69) is 169 Å². The number of nitrogens with zero attached hydrogens (tertiary/aromatic N) is 1. The Balaban J connectivity index is 1.17. The van der Waals surface area contributed by atoms with Crippen molar-refractivity contribution >= 4 is 60.5 Å². The Labute approximate surface area is 267 Å². The van der Waals surface area contributed by atoms with Gasteiger partial charge in [-0.05, 0) is 92.3 Å². The molecule has 0 atom stereocenters. The Kier molecular flexibility index (Phi) is 6.17. The van der Waals surface area contributed by atoms with E-state index in [1.165, 1.54) is 43.8 Å². The Bertz CT molecular complexity index is 2390. The van der Waals surface area contributed by atoms with Crippen molar-refractivity contribution in [2.45, 2.75) is 0 Å². The highest BCUT2D eigenvalue weighted by Gasteiger charge is 2.16. The molecule has 1 aromatic heterocycles. The third-order valence-corrected chi connectivity index (χ3v) is 9.07. The normalized spacial score (nSPS) is 11.5. The minimum absolute atomic E-state index is 0.891. The SMILES string of the molecule is c1ccc2c(-c3ccc(N(c4ccc(-c5cccc6ccccc56)cc4)c4ccc5oc6ccccc6c5c4)cc3)cccc2c1. The lowest BCUT2D eigenvalue weighted by Gasteiger charge is -2.26. The van der Waals surface area contributed by atoms with Crippen molar-refractivity contribution < 1.29 is 4.42 Å². The van der Waals surface area contributed by atoms with Crippen LogP contribution >= 0.6 is 0 Å². The Morgan fingerprint density at radius 3 is 1.37 bits per heavy atom. The summed E-state index contributed by atoms with van der Waals surface area (Å²) in [6, 6.07) is 62.8. The fourth-order valence-electron chi connectivity index (χ4n) is 6.83. The van der Waals surface area contributed by atoms with Crippen molar-refractivity contribution in [2.75, 3.05) is 4.90 Å². The average molecular weight is 588 g/mol. The predicted octanol–water partition coefficient (Wildman–Crippen LogP) is 12.7. The number of fused-ring (bicyclic) bond motifs is 5. The van der Waals surface area contributed by atoms with E-state index in [-0.39, 0.29) is 0 Å². The van der Waals surface area contributed by atoms with Gasteiger partial charge in [0, 0.05) is 27.8 Å².